The normalized spacial score (nSPS) is 18.7. The van der Waals surface area contributed by atoms with Crippen molar-refractivity contribution in [2.24, 2.45) is 5.92 Å². The Morgan fingerprint density at radius 1 is 1.31 bits per heavy atom. The maximum atomic E-state index is 12.1. The van der Waals surface area contributed by atoms with Crippen LogP contribution in [0.4, 0.5) is 0 Å². The molecular formula is C18H19N5O3. The van der Waals surface area contributed by atoms with Gasteiger partial charge in [-0.05, 0) is 12.1 Å². The first-order chi connectivity index (χ1) is 12.5. The largest absolute Gasteiger partial charge is 0.437 e. The van der Waals surface area contributed by atoms with Crippen molar-refractivity contribution in [1.29, 1.82) is 0 Å². The van der Waals surface area contributed by atoms with Crippen LogP contribution >= 0.6 is 0 Å². The number of fused-ring (bicyclic) bond motifs is 1. The Bertz CT molecular complexity index is 930. The van der Waals surface area contributed by atoms with Crippen molar-refractivity contribution in [1.82, 2.24) is 24.7 Å². The monoisotopic (exact) mass is 353 g/mol. The number of imide groups is 1. The van der Waals surface area contributed by atoms with Crippen LogP contribution in [-0.2, 0) is 9.59 Å². The summed E-state index contributed by atoms with van der Waals surface area (Å²) in [7, 11) is 0. The number of hydrogen-bond donors (Lipinski definition) is 1. The molecule has 1 saturated heterocycles. The van der Waals surface area contributed by atoms with Crippen molar-refractivity contribution in [3.63, 3.8) is 0 Å². The van der Waals surface area contributed by atoms with Gasteiger partial charge >= 0.3 is 0 Å². The van der Waals surface area contributed by atoms with E-state index in [1.807, 2.05) is 37.3 Å². The quantitative estimate of drug-likeness (QED) is 0.711. The molecule has 26 heavy (non-hydrogen) atoms. The first-order valence-electron chi connectivity index (χ1n) is 8.54. The van der Waals surface area contributed by atoms with E-state index < -0.39 is 0 Å². The molecule has 1 aliphatic heterocycles. The standard InChI is InChI=1S/C18H19N5O3/c1-11-8-16(24)22(18(11)25)10-12(2)17-19-14-9-15(20-23(14)21-17)26-13-6-4-3-5-7-13/h3-7,9,11-12H,8,10H2,1-2H3,(H,19,21). The van der Waals surface area contributed by atoms with Gasteiger partial charge in [0.15, 0.2) is 5.65 Å². The topological polar surface area (TPSA) is 92.6 Å². The van der Waals surface area contributed by atoms with Crippen LogP contribution in [0.3, 0.4) is 0 Å². The fourth-order valence-corrected chi connectivity index (χ4v) is 3.05. The molecule has 0 radical (unpaired) electrons. The molecule has 2 aromatic heterocycles. The highest BCUT2D eigenvalue weighted by atomic mass is 16.5. The number of carbonyl (C=O) groups excluding carboxylic acids is 2. The van der Waals surface area contributed by atoms with Crippen LogP contribution in [0.15, 0.2) is 36.4 Å². The Morgan fingerprint density at radius 2 is 2.08 bits per heavy atom. The molecule has 1 N–H and O–H groups in total. The number of likely N-dealkylation sites (tertiary alicyclic amines) is 1. The van der Waals surface area contributed by atoms with Gasteiger partial charge in [0.2, 0.25) is 17.7 Å². The van der Waals surface area contributed by atoms with Crippen LogP contribution in [-0.4, -0.2) is 43.1 Å². The van der Waals surface area contributed by atoms with Gasteiger partial charge in [0.1, 0.15) is 11.6 Å². The molecule has 134 valence electrons. The summed E-state index contributed by atoms with van der Waals surface area (Å²) < 4.78 is 7.21. The Kier molecular flexibility index (Phi) is 3.95. The summed E-state index contributed by atoms with van der Waals surface area (Å²) in [6, 6.07) is 11.1. The SMILES string of the molecule is CC1CC(=O)N(CC(C)c2nc3cc(Oc4ccccc4)nn3[nH]2)C1=O. The van der Waals surface area contributed by atoms with Gasteiger partial charge in [0, 0.05) is 30.9 Å². The van der Waals surface area contributed by atoms with Crippen LogP contribution in [0.1, 0.15) is 32.0 Å². The van der Waals surface area contributed by atoms with E-state index in [1.165, 1.54) is 9.53 Å². The van der Waals surface area contributed by atoms with E-state index in [2.05, 4.69) is 15.2 Å². The molecule has 0 saturated carbocycles. The van der Waals surface area contributed by atoms with E-state index in [0.29, 0.717) is 29.6 Å². The summed E-state index contributed by atoms with van der Waals surface area (Å²) in [5.41, 5.74) is 0.616. The lowest BCUT2D eigenvalue weighted by atomic mass is 10.1. The van der Waals surface area contributed by atoms with Crippen LogP contribution in [0.25, 0.3) is 5.65 Å². The van der Waals surface area contributed by atoms with Crippen molar-refractivity contribution < 1.29 is 14.3 Å². The predicted molar refractivity (Wildman–Crippen MR) is 92.8 cm³/mol. The molecule has 8 nitrogen and oxygen atoms in total. The van der Waals surface area contributed by atoms with Crippen molar-refractivity contribution in [3.8, 4) is 11.6 Å². The molecule has 4 rings (SSSR count). The molecule has 0 aliphatic carbocycles. The van der Waals surface area contributed by atoms with Gasteiger partial charge in [0.05, 0.1) is 0 Å². The first-order valence-corrected chi connectivity index (χ1v) is 8.54. The van der Waals surface area contributed by atoms with Gasteiger partial charge in [-0.2, -0.15) is 4.63 Å². The Morgan fingerprint density at radius 3 is 2.73 bits per heavy atom. The second-order valence-electron chi connectivity index (χ2n) is 6.63. The number of rotatable bonds is 5. The number of nitrogens with zero attached hydrogens (tertiary/aromatic N) is 4. The zero-order valence-electron chi connectivity index (χ0n) is 14.5. The number of ether oxygens (including phenoxy) is 1. The molecule has 3 aromatic rings. The van der Waals surface area contributed by atoms with Crippen molar-refractivity contribution in [2.75, 3.05) is 6.54 Å². The Labute approximate surface area is 149 Å². The maximum absolute atomic E-state index is 12.1. The van der Waals surface area contributed by atoms with E-state index in [-0.39, 0.29) is 30.1 Å². The highest BCUT2D eigenvalue weighted by Gasteiger charge is 2.36. The number of aromatic amines is 1. The summed E-state index contributed by atoms with van der Waals surface area (Å²) in [6.07, 6.45) is 0.285. The highest BCUT2D eigenvalue weighted by Crippen LogP contribution is 2.24. The Hall–Kier alpha value is -3.16. The van der Waals surface area contributed by atoms with Gasteiger partial charge in [-0.1, -0.05) is 32.0 Å². The molecule has 0 bridgehead atoms. The predicted octanol–water partition coefficient (Wildman–Crippen LogP) is 2.35. The van der Waals surface area contributed by atoms with Crippen LogP contribution in [0, 0.1) is 5.92 Å². The van der Waals surface area contributed by atoms with Crippen molar-refractivity contribution in [3.05, 3.63) is 42.2 Å². The van der Waals surface area contributed by atoms with Crippen molar-refractivity contribution >= 4 is 17.5 Å². The number of carbonyl (C=O) groups is 2. The number of amides is 2. The number of para-hydroxylation sites is 1. The summed E-state index contributed by atoms with van der Waals surface area (Å²) in [4.78, 5) is 29.8. The fraction of sp³-hybridized carbons (Fsp3) is 0.333. The lowest BCUT2D eigenvalue weighted by molar-refractivity contribution is -0.139. The van der Waals surface area contributed by atoms with Crippen LogP contribution in [0.2, 0.25) is 0 Å². The third-order valence-corrected chi connectivity index (χ3v) is 4.48. The average molecular weight is 353 g/mol. The van der Waals surface area contributed by atoms with Gasteiger partial charge in [0.25, 0.3) is 0 Å². The van der Waals surface area contributed by atoms with Crippen LogP contribution < -0.4 is 4.74 Å². The molecule has 1 aromatic carbocycles. The zero-order valence-corrected chi connectivity index (χ0v) is 14.5. The Balaban J connectivity index is 1.48. The lowest BCUT2D eigenvalue weighted by Crippen LogP contribution is -2.33. The van der Waals surface area contributed by atoms with Gasteiger partial charge in [-0.25, -0.2) is 4.98 Å². The highest BCUT2D eigenvalue weighted by molar-refractivity contribution is 6.03. The second-order valence-corrected chi connectivity index (χ2v) is 6.63. The molecule has 2 amide bonds. The second kappa shape index (κ2) is 6.29. The minimum Gasteiger partial charge on any atom is -0.437 e. The average Bonchev–Trinajstić information content (AvgIpc) is 3.24. The summed E-state index contributed by atoms with van der Waals surface area (Å²) in [5, 5.41) is 7.40. The summed E-state index contributed by atoms with van der Waals surface area (Å²) in [6.45, 7) is 4.01. The number of H-pyrrole nitrogens is 1. The smallest absolute Gasteiger partial charge is 0.242 e. The third kappa shape index (κ3) is 2.94. The molecule has 1 fully saturated rings. The molecular weight excluding hydrogens is 334 g/mol. The first kappa shape index (κ1) is 16.3. The number of nitrogens with one attached hydrogen (secondary N) is 1. The third-order valence-electron chi connectivity index (χ3n) is 4.48. The lowest BCUT2D eigenvalue weighted by Gasteiger charge is -2.17. The number of hydrogen-bond acceptors (Lipinski definition) is 5. The molecule has 2 atom stereocenters. The molecule has 2 unspecified atom stereocenters. The van der Waals surface area contributed by atoms with E-state index in [9.17, 15) is 9.59 Å². The van der Waals surface area contributed by atoms with E-state index in [4.69, 9.17) is 4.74 Å². The van der Waals surface area contributed by atoms with Gasteiger partial charge in [-0.3, -0.25) is 19.6 Å². The molecule has 3 heterocycles. The minimum atomic E-state index is -0.235. The van der Waals surface area contributed by atoms with Crippen molar-refractivity contribution in [2.45, 2.75) is 26.2 Å². The molecule has 0 spiro atoms. The van der Waals surface area contributed by atoms with Crippen LogP contribution in [0.5, 0.6) is 11.6 Å². The van der Waals surface area contributed by atoms with E-state index in [0.717, 1.165) is 0 Å². The minimum absolute atomic E-state index is 0.114. The van der Waals surface area contributed by atoms with Gasteiger partial charge < -0.3 is 4.74 Å². The number of benzene rings is 1. The fourth-order valence-electron chi connectivity index (χ4n) is 3.05. The van der Waals surface area contributed by atoms with E-state index in [1.54, 1.807) is 13.0 Å². The van der Waals surface area contributed by atoms with E-state index >= 15 is 0 Å². The number of aromatic nitrogens is 4. The maximum Gasteiger partial charge on any atom is 0.242 e. The summed E-state index contributed by atoms with van der Waals surface area (Å²) in [5.74, 6) is 1.21. The zero-order chi connectivity index (χ0) is 18.3. The molecule has 8 heteroatoms. The molecule has 1 aliphatic rings. The van der Waals surface area contributed by atoms with Gasteiger partial charge in [-0.15, -0.1) is 5.10 Å². The summed E-state index contributed by atoms with van der Waals surface area (Å²) >= 11 is 0.